The van der Waals surface area contributed by atoms with Crippen molar-refractivity contribution in [3.8, 4) is 56.4 Å². The smallest absolute Gasteiger partial charge is 0.194 e. The maximum atomic E-state index is 7.29. The second kappa shape index (κ2) is 12.1. The summed E-state index contributed by atoms with van der Waals surface area (Å²) in [6, 6.07) is 70.9. The summed E-state index contributed by atoms with van der Waals surface area (Å²) in [4.78, 5) is 2.25. The molecule has 2 heterocycles. The fourth-order valence-electron chi connectivity index (χ4n) is 10.1. The molecule has 1 spiro atoms. The van der Waals surface area contributed by atoms with Crippen LogP contribution < -0.4 is 14.4 Å². The van der Waals surface area contributed by atoms with Gasteiger partial charge in [0.05, 0.1) is 11.1 Å². The molecule has 0 saturated carbocycles. The molecule has 0 unspecified atom stereocenters. The highest BCUT2D eigenvalue weighted by Crippen LogP contribution is 2.66. The van der Waals surface area contributed by atoms with Crippen molar-refractivity contribution in [2.24, 2.45) is 0 Å². The molecule has 0 amide bonds. The first-order valence-corrected chi connectivity index (χ1v) is 20.1. The molecule has 0 bridgehead atoms. The van der Waals surface area contributed by atoms with Crippen molar-refractivity contribution in [1.82, 2.24) is 0 Å². The van der Waals surface area contributed by atoms with E-state index in [4.69, 9.17) is 13.9 Å². The first-order chi connectivity index (χ1) is 29.3. The lowest BCUT2D eigenvalue weighted by Crippen LogP contribution is -2.25. The van der Waals surface area contributed by atoms with E-state index in [9.17, 15) is 0 Å². The van der Waals surface area contributed by atoms with Crippen molar-refractivity contribution in [3.63, 3.8) is 0 Å². The molecule has 0 N–H and O–H groups in total. The number of rotatable bonds is 4. The van der Waals surface area contributed by atoms with Gasteiger partial charge < -0.3 is 18.8 Å². The first-order valence-electron chi connectivity index (χ1n) is 20.1. The van der Waals surface area contributed by atoms with Crippen molar-refractivity contribution in [3.05, 3.63) is 222 Å². The largest absolute Gasteiger partial charge is 0.456 e. The van der Waals surface area contributed by atoms with Crippen LogP contribution in [-0.4, -0.2) is 0 Å². The summed E-state index contributed by atoms with van der Waals surface area (Å²) >= 11 is 0. The molecule has 0 saturated heterocycles. The molecule has 0 fully saturated rings. The summed E-state index contributed by atoms with van der Waals surface area (Å²) in [7, 11) is 0. The fraction of sp³-hybridized carbons (Fsp3) is 0.0182. The Kier molecular flexibility index (Phi) is 6.62. The number of furan rings is 1. The van der Waals surface area contributed by atoms with E-state index in [1.54, 1.807) is 0 Å². The number of anilines is 3. The van der Waals surface area contributed by atoms with Gasteiger partial charge in [-0.1, -0.05) is 140 Å². The molecule has 4 heteroatoms. The topological polar surface area (TPSA) is 34.8 Å². The summed E-state index contributed by atoms with van der Waals surface area (Å²) in [6.07, 6.45) is 0. The van der Waals surface area contributed by atoms with Crippen molar-refractivity contribution >= 4 is 39.0 Å². The van der Waals surface area contributed by atoms with Gasteiger partial charge in [-0.15, -0.1) is 0 Å². The van der Waals surface area contributed by atoms with E-state index < -0.39 is 5.41 Å². The Morgan fingerprint density at radius 3 is 1.76 bits per heavy atom. The van der Waals surface area contributed by atoms with E-state index in [0.717, 1.165) is 67.0 Å². The molecule has 1 aliphatic heterocycles. The van der Waals surface area contributed by atoms with E-state index >= 15 is 0 Å². The summed E-state index contributed by atoms with van der Waals surface area (Å²) < 4.78 is 20.4. The van der Waals surface area contributed by atoms with Crippen LogP contribution in [0.1, 0.15) is 22.3 Å². The molecular weight excluding hydrogens is 723 g/mol. The van der Waals surface area contributed by atoms with Crippen LogP contribution in [0, 0.1) is 0 Å². The fourth-order valence-corrected chi connectivity index (χ4v) is 10.1. The quantitative estimate of drug-likeness (QED) is 0.179. The van der Waals surface area contributed by atoms with Crippen LogP contribution in [0.15, 0.2) is 205 Å². The Labute approximate surface area is 340 Å². The van der Waals surface area contributed by atoms with Crippen molar-refractivity contribution in [2.45, 2.75) is 5.41 Å². The molecule has 9 aromatic carbocycles. The molecule has 276 valence electrons. The van der Waals surface area contributed by atoms with E-state index in [1.165, 1.54) is 33.4 Å². The average Bonchev–Trinajstić information content (AvgIpc) is 3.93. The van der Waals surface area contributed by atoms with Crippen LogP contribution in [0.2, 0.25) is 0 Å². The Hall–Kier alpha value is -7.82. The van der Waals surface area contributed by atoms with E-state index in [2.05, 4.69) is 175 Å². The number of hydrogen-bond acceptors (Lipinski definition) is 4. The lowest BCUT2D eigenvalue weighted by molar-refractivity contribution is 0.361. The Bertz CT molecular complexity index is 3300. The number of para-hydroxylation sites is 3. The number of benzene rings is 9. The molecule has 1 aromatic heterocycles. The molecule has 0 radical (unpaired) electrons. The van der Waals surface area contributed by atoms with Crippen molar-refractivity contribution in [1.29, 1.82) is 0 Å². The van der Waals surface area contributed by atoms with Crippen LogP contribution >= 0.6 is 0 Å². The first kappa shape index (κ1) is 32.3. The summed E-state index contributed by atoms with van der Waals surface area (Å²) in [6.45, 7) is 0. The van der Waals surface area contributed by atoms with Gasteiger partial charge in [-0.3, -0.25) is 0 Å². The van der Waals surface area contributed by atoms with Gasteiger partial charge in [0.15, 0.2) is 23.0 Å². The second-order valence-corrected chi connectivity index (χ2v) is 15.5. The molecule has 2 aliphatic carbocycles. The van der Waals surface area contributed by atoms with Gasteiger partial charge in [0.2, 0.25) is 0 Å². The predicted molar refractivity (Wildman–Crippen MR) is 237 cm³/mol. The normalized spacial score (nSPS) is 13.5. The van der Waals surface area contributed by atoms with Crippen molar-refractivity contribution < 1.29 is 13.9 Å². The van der Waals surface area contributed by atoms with Gasteiger partial charge in [0, 0.05) is 27.7 Å². The number of ether oxygens (including phenoxy) is 2. The minimum Gasteiger partial charge on any atom is -0.456 e. The van der Waals surface area contributed by atoms with Crippen LogP contribution in [0.4, 0.5) is 17.1 Å². The average molecular weight is 756 g/mol. The third-order valence-electron chi connectivity index (χ3n) is 12.6. The van der Waals surface area contributed by atoms with E-state index in [0.29, 0.717) is 17.2 Å². The molecule has 13 rings (SSSR count). The maximum absolute atomic E-state index is 7.29. The molecular formula is C55H33NO3. The van der Waals surface area contributed by atoms with Crippen molar-refractivity contribution in [2.75, 3.05) is 4.90 Å². The SMILES string of the molecule is c1ccc(N(c2ccc(-c3ccc4c(c3)oc3ccccc34)cc2)c2cccc3c2Oc2c(ccc4c2-c2ccccc2C42c4ccccc4-c4ccccc42)O3)cc1. The van der Waals surface area contributed by atoms with Gasteiger partial charge in [0.25, 0.3) is 0 Å². The molecule has 10 aromatic rings. The highest BCUT2D eigenvalue weighted by molar-refractivity contribution is 6.06. The summed E-state index contributed by atoms with van der Waals surface area (Å²) in [5.41, 5.74) is 16.2. The number of hydrogen-bond donors (Lipinski definition) is 0. The highest BCUT2D eigenvalue weighted by Gasteiger charge is 2.53. The molecule has 59 heavy (non-hydrogen) atoms. The van der Waals surface area contributed by atoms with Crippen LogP contribution in [0.25, 0.3) is 55.3 Å². The maximum Gasteiger partial charge on any atom is 0.194 e. The zero-order valence-corrected chi connectivity index (χ0v) is 31.7. The highest BCUT2D eigenvalue weighted by atomic mass is 16.6. The van der Waals surface area contributed by atoms with Gasteiger partial charge in [-0.25, -0.2) is 0 Å². The Morgan fingerprint density at radius 1 is 0.373 bits per heavy atom. The van der Waals surface area contributed by atoms with Crippen LogP contribution in [-0.2, 0) is 5.41 Å². The van der Waals surface area contributed by atoms with E-state index in [1.807, 2.05) is 30.3 Å². The van der Waals surface area contributed by atoms with Gasteiger partial charge in [-0.05, 0) is 111 Å². The lowest BCUT2D eigenvalue weighted by Gasteiger charge is -2.32. The van der Waals surface area contributed by atoms with Crippen LogP contribution in [0.3, 0.4) is 0 Å². The van der Waals surface area contributed by atoms with E-state index in [-0.39, 0.29) is 0 Å². The number of nitrogens with zero attached hydrogens (tertiary/aromatic N) is 1. The standard InChI is InChI=1S/C55H33NO3/c1-2-13-36(14-3-1)56(37-28-25-34(26-29-37)35-27-30-41-40-17-7-11-23-48(40)57-51(41)33-35)47-22-12-24-49-53(47)59-54-50(58-49)32-31-46-52(54)42-18-6-10-21-45(42)55(46)43-19-8-4-15-38(43)39-16-5-9-20-44(39)55/h1-33H. The zero-order chi connectivity index (χ0) is 38.7. The predicted octanol–water partition coefficient (Wildman–Crippen LogP) is 15.0. The second-order valence-electron chi connectivity index (χ2n) is 15.5. The zero-order valence-electron chi connectivity index (χ0n) is 31.7. The number of fused-ring (bicyclic) bond motifs is 16. The monoisotopic (exact) mass is 755 g/mol. The molecule has 0 atom stereocenters. The lowest BCUT2D eigenvalue weighted by atomic mass is 9.70. The summed E-state index contributed by atoms with van der Waals surface area (Å²) in [5.74, 6) is 2.78. The third kappa shape index (κ3) is 4.43. The third-order valence-corrected chi connectivity index (χ3v) is 12.6. The Balaban J connectivity index is 0.951. The van der Waals surface area contributed by atoms with Gasteiger partial charge in [0.1, 0.15) is 11.2 Å². The minimum absolute atomic E-state index is 0.482. The summed E-state index contributed by atoms with van der Waals surface area (Å²) in [5, 5.41) is 2.25. The van der Waals surface area contributed by atoms with Crippen LogP contribution in [0.5, 0.6) is 23.0 Å². The minimum atomic E-state index is -0.482. The Morgan fingerprint density at radius 2 is 0.983 bits per heavy atom. The molecule has 4 nitrogen and oxygen atoms in total. The van der Waals surface area contributed by atoms with Gasteiger partial charge >= 0.3 is 0 Å². The van der Waals surface area contributed by atoms with Gasteiger partial charge in [-0.2, -0.15) is 0 Å². The molecule has 3 aliphatic rings.